The molecule has 0 N–H and O–H groups in total. The second kappa shape index (κ2) is 4.57. The monoisotopic (exact) mass is 234 g/mol. The van der Waals surface area contributed by atoms with Gasteiger partial charge in [0.25, 0.3) is 6.10 Å². The number of Topliss-reactive ketones (excluding diaryl/α,β-unsaturated/α-hetero) is 1. The van der Waals surface area contributed by atoms with Crippen LogP contribution in [-0.4, -0.2) is 24.5 Å². The van der Waals surface area contributed by atoms with Crippen LogP contribution in [0.4, 0.5) is 0 Å². The maximum absolute atomic E-state index is 12.1. The summed E-state index contributed by atoms with van der Waals surface area (Å²) < 4.78 is 10.2. The summed E-state index contributed by atoms with van der Waals surface area (Å²) in [4.78, 5) is 23.6. The smallest absolute Gasteiger partial charge is 0.355 e. The van der Waals surface area contributed by atoms with Crippen molar-refractivity contribution in [2.24, 2.45) is 0 Å². The fourth-order valence-electron chi connectivity index (χ4n) is 1.93. The third-order valence-corrected chi connectivity index (χ3v) is 2.72. The molecule has 1 aromatic rings. The Morgan fingerprint density at radius 3 is 2.82 bits per heavy atom. The molecule has 1 unspecified atom stereocenters. The third-order valence-electron chi connectivity index (χ3n) is 2.72. The summed E-state index contributed by atoms with van der Waals surface area (Å²) in [7, 11) is 0. The van der Waals surface area contributed by atoms with Gasteiger partial charge < -0.3 is 9.47 Å². The van der Waals surface area contributed by atoms with Gasteiger partial charge >= 0.3 is 5.97 Å². The van der Waals surface area contributed by atoms with E-state index in [9.17, 15) is 9.59 Å². The van der Waals surface area contributed by atoms with Gasteiger partial charge in [-0.2, -0.15) is 0 Å². The lowest BCUT2D eigenvalue weighted by Gasteiger charge is -2.07. The number of aryl methyl sites for hydroxylation is 1. The second-order valence-corrected chi connectivity index (χ2v) is 3.76. The summed E-state index contributed by atoms with van der Waals surface area (Å²) in [5, 5.41) is 0. The normalized spacial score (nSPS) is 17.5. The minimum absolute atomic E-state index is 0.239. The first-order valence-electron chi connectivity index (χ1n) is 5.68. The average molecular weight is 234 g/mol. The molecule has 1 aromatic carbocycles. The van der Waals surface area contributed by atoms with Gasteiger partial charge in [-0.15, -0.1) is 0 Å². The first-order valence-corrected chi connectivity index (χ1v) is 5.68. The van der Waals surface area contributed by atoms with Crippen molar-refractivity contribution in [3.05, 3.63) is 29.3 Å². The van der Waals surface area contributed by atoms with Crippen LogP contribution < -0.4 is 4.74 Å². The Morgan fingerprint density at radius 2 is 2.18 bits per heavy atom. The SMILES string of the molecule is CCOC(=O)C1Oc2cccc(CC)c2C1=O. The minimum atomic E-state index is -1.13. The van der Waals surface area contributed by atoms with Crippen molar-refractivity contribution in [3.8, 4) is 5.75 Å². The van der Waals surface area contributed by atoms with Crippen molar-refractivity contribution in [2.75, 3.05) is 6.61 Å². The molecule has 1 heterocycles. The van der Waals surface area contributed by atoms with Gasteiger partial charge in [-0.1, -0.05) is 19.1 Å². The standard InChI is InChI=1S/C13H14O4/c1-3-8-6-5-7-9-10(8)11(14)12(17-9)13(15)16-4-2/h5-7,12H,3-4H2,1-2H3. The summed E-state index contributed by atoms with van der Waals surface area (Å²) in [6, 6.07) is 5.39. The van der Waals surface area contributed by atoms with Crippen LogP contribution in [0, 0.1) is 0 Å². The predicted molar refractivity (Wildman–Crippen MR) is 61.2 cm³/mol. The molecule has 1 aliphatic heterocycles. The molecule has 2 rings (SSSR count). The van der Waals surface area contributed by atoms with Crippen molar-refractivity contribution in [1.29, 1.82) is 0 Å². The first-order chi connectivity index (χ1) is 8.19. The molecule has 4 heteroatoms. The molecule has 0 aromatic heterocycles. The van der Waals surface area contributed by atoms with Crippen LogP contribution >= 0.6 is 0 Å². The quantitative estimate of drug-likeness (QED) is 0.590. The predicted octanol–water partition coefficient (Wildman–Crippen LogP) is 1.76. The Labute approximate surface area is 99.5 Å². The van der Waals surface area contributed by atoms with Crippen LogP contribution in [0.1, 0.15) is 29.8 Å². The zero-order valence-corrected chi connectivity index (χ0v) is 9.86. The van der Waals surface area contributed by atoms with Gasteiger partial charge in [-0.3, -0.25) is 4.79 Å². The van der Waals surface area contributed by atoms with E-state index in [0.717, 1.165) is 12.0 Å². The number of ether oxygens (including phenoxy) is 2. The molecule has 1 atom stereocenters. The maximum Gasteiger partial charge on any atom is 0.355 e. The molecule has 0 fully saturated rings. The second-order valence-electron chi connectivity index (χ2n) is 3.76. The molecule has 0 amide bonds. The van der Waals surface area contributed by atoms with E-state index in [4.69, 9.17) is 9.47 Å². The van der Waals surface area contributed by atoms with Crippen LogP contribution in [0.3, 0.4) is 0 Å². The van der Waals surface area contributed by atoms with Gasteiger partial charge in [0.15, 0.2) is 0 Å². The highest BCUT2D eigenvalue weighted by molar-refractivity contribution is 6.15. The molecule has 0 bridgehead atoms. The molecule has 0 spiro atoms. The Morgan fingerprint density at radius 1 is 1.41 bits per heavy atom. The Hall–Kier alpha value is -1.84. The fourth-order valence-corrected chi connectivity index (χ4v) is 1.93. The van der Waals surface area contributed by atoms with Crippen LogP contribution in [0.15, 0.2) is 18.2 Å². The fraction of sp³-hybridized carbons (Fsp3) is 0.385. The van der Waals surface area contributed by atoms with Gasteiger partial charge in [0.05, 0.1) is 12.2 Å². The molecule has 0 saturated heterocycles. The van der Waals surface area contributed by atoms with E-state index in [-0.39, 0.29) is 12.4 Å². The molecule has 1 aliphatic rings. The zero-order valence-electron chi connectivity index (χ0n) is 9.86. The van der Waals surface area contributed by atoms with E-state index in [2.05, 4.69) is 0 Å². The topological polar surface area (TPSA) is 52.6 Å². The van der Waals surface area contributed by atoms with E-state index in [1.165, 1.54) is 0 Å². The molecule has 4 nitrogen and oxygen atoms in total. The highest BCUT2D eigenvalue weighted by atomic mass is 16.6. The molecule has 17 heavy (non-hydrogen) atoms. The number of hydrogen-bond acceptors (Lipinski definition) is 4. The summed E-state index contributed by atoms with van der Waals surface area (Å²) in [5.41, 5.74) is 1.42. The van der Waals surface area contributed by atoms with E-state index >= 15 is 0 Å². The molecule has 0 aliphatic carbocycles. The van der Waals surface area contributed by atoms with E-state index in [0.29, 0.717) is 11.3 Å². The van der Waals surface area contributed by atoms with E-state index in [1.807, 2.05) is 19.1 Å². The van der Waals surface area contributed by atoms with Gasteiger partial charge in [0, 0.05) is 0 Å². The number of fused-ring (bicyclic) bond motifs is 1. The minimum Gasteiger partial charge on any atom is -0.470 e. The Kier molecular flexibility index (Phi) is 3.13. The van der Waals surface area contributed by atoms with Gasteiger partial charge in [0.2, 0.25) is 5.78 Å². The van der Waals surface area contributed by atoms with E-state index in [1.54, 1.807) is 13.0 Å². The highest BCUT2D eigenvalue weighted by Gasteiger charge is 2.40. The van der Waals surface area contributed by atoms with Crippen LogP contribution in [0.25, 0.3) is 0 Å². The highest BCUT2D eigenvalue weighted by Crippen LogP contribution is 2.32. The number of rotatable bonds is 3. The van der Waals surface area contributed by atoms with Crippen LogP contribution in [0.5, 0.6) is 5.75 Å². The molecule has 90 valence electrons. The lowest BCUT2D eigenvalue weighted by molar-refractivity contribution is -0.148. The van der Waals surface area contributed by atoms with Crippen molar-refractivity contribution in [3.63, 3.8) is 0 Å². The van der Waals surface area contributed by atoms with Crippen molar-refractivity contribution < 1.29 is 19.1 Å². The van der Waals surface area contributed by atoms with Gasteiger partial charge in [-0.25, -0.2) is 4.79 Å². The summed E-state index contributed by atoms with van der Waals surface area (Å²) in [5.74, 6) is -0.431. The lowest BCUT2D eigenvalue weighted by Crippen LogP contribution is -2.32. The van der Waals surface area contributed by atoms with Crippen LogP contribution in [-0.2, 0) is 16.0 Å². The van der Waals surface area contributed by atoms with Crippen molar-refractivity contribution in [1.82, 2.24) is 0 Å². The molecule has 0 radical (unpaired) electrons. The van der Waals surface area contributed by atoms with Gasteiger partial charge in [0.1, 0.15) is 5.75 Å². The number of carbonyl (C=O) groups excluding carboxylic acids is 2. The molecule has 0 saturated carbocycles. The Balaban J connectivity index is 2.33. The lowest BCUT2D eigenvalue weighted by atomic mass is 10.00. The number of hydrogen-bond donors (Lipinski definition) is 0. The largest absolute Gasteiger partial charge is 0.470 e. The molecular weight excluding hydrogens is 220 g/mol. The number of benzene rings is 1. The maximum atomic E-state index is 12.1. The number of carbonyl (C=O) groups is 2. The zero-order chi connectivity index (χ0) is 12.4. The van der Waals surface area contributed by atoms with Crippen molar-refractivity contribution in [2.45, 2.75) is 26.4 Å². The number of ketones is 1. The average Bonchev–Trinajstić information content (AvgIpc) is 2.67. The summed E-state index contributed by atoms with van der Waals surface area (Å²) >= 11 is 0. The molecular formula is C13H14O4. The van der Waals surface area contributed by atoms with Crippen LogP contribution in [0.2, 0.25) is 0 Å². The number of esters is 1. The third kappa shape index (κ3) is 1.90. The summed E-state index contributed by atoms with van der Waals surface area (Å²) in [6.45, 7) is 3.89. The van der Waals surface area contributed by atoms with Gasteiger partial charge in [-0.05, 0) is 25.0 Å². The Bertz CT molecular complexity index is 464. The summed E-state index contributed by atoms with van der Waals surface area (Å²) in [6.07, 6.45) is -0.397. The van der Waals surface area contributed by atoms with Crippen molar-refractivity contribution >= 4 is 11.8 Å². The van der Waals surface area contributed by atoms with E-state index < -0.39 is 12.1 Å². The first kappa shape index (κ1) is 11.6.